The Morgan fingerprint density at radius 1 is 1.11 bits per heavy atom. The first kappa shape index (κ1) is 21.7. The average molecular weight is 413 g/mol. The molecule has 0 aliphatic heterocycles. The number of ether oxygens (including phenoxy) is 1. The second kappa shape index (κ2) is 9.09. The summed E-state index contributed by atoms with van der Waals surface area (Å²) in [6.45, 7) is 2.34. The number of hydrogen-bond donors (Lipinski definition) is 1. The topological polar surface area (TPSA) is 72.5 Å². The lowest BCUT2D eigenvalue weighted by Crippen LogP contribution is -2.48. The Bertz CT molecular complexity index is 885. The number of carbonyl (C=O) groups is 3. The normalized spacial score (nSPS) is 13.6. The average Bonchev–Trinajstić information content (AvgIpc) is 2.60. The van der Waals surface area contributed by atoms with E-state index in [1.165, 1.54) is 6.92 Å². The fourth-order valence-corrected chi connectivity index (χ4v) is 3.07. The van der Waals surface area contributed by atoms with E-state index < -0.39 is 40.9 Å². The largest absolute Gasteiger partial charge is 0.425 e. The van der Waals surface area contributed by atoms with Crippen molar-refractivity contribution in [2.45, 2.75) is 26.1 Å². The summed E-state index contributed by atoms with van der Waals surface area (Å²) in [6, 6.07) is 11.0. The molecule has 0 bridgehead atoms. The van der Waals surface area contributed by atoms with Crippen molar-refractivity contribution in [1.82, 2.24) is 5.32 Å². The Balaban J connectivity index is 2.02. The Morgan fingerprint density at radius 3 is 2.36 bits per heavy atom. The number of thioether (sulfide) groups is 1. The first-order valence-corrected chi connectivity index (χ1v) is 9.27. The summed E-state index contributed by atoms with van der Waals surface area (Å²) in [5.41, 5.74) is 0. The van der Waals surface area contributed by atoms with Crippen LogP contribution in [0.15, 0.2) is 42.5 Å². The van der Waals surface area contributed by atoms with Gasteiger partial charge < -0.3 is 10.1 Å². The maximum atomic E-state index is 13.1. The van der Waals surface area contributed by atoms with Gasteiger partial charge in [0.25, 0.3) is 0 Å². The van der Waals surface area contributed by atoms with Gasteiger partial charge >= 0.3 is 12.1 Å². The number of carbonyl (C=O) groups excluding carboxylic acids is 3. The Labute approximate surface area is 163 Å². The maximum absolute atomic E-state index is 13.1. The van der Waals surface area contributed by atoms with Gasteiger partial charge in [-0.3, -0.25) is 9.59 Å². The summed E-state index contributed by atoms with van der Waals surface area (Å²) in [5, 5.41) is 3.23. The zero-order valence-corrected chi connectivity index (χ0v) is 15.9. The molecule has 1 amide bonds. The van der Waals surface area contributed by atoms with Crippen molar-refractivity contribution in [1.29, 1.82) is 0 Å². The van der Waals surface area contributed by atoms with Gasteiger partial charge in [-0.2, -0.15) is 13.2 Å². The second-order valence-electron chi connectivity index (χ2n) is 6.06. The lowest BCUT2D eigenvalue weighted by Gasteiger charge is -2.21. The third-order valence-electron chi connectivity index (χ3n) is 3.82. The minimum atomic E-state index is -4.84. The molecule has 28 heavy (non-hydrogen) atoms. The molecule has 2 rings (SSSR count). The molecule has 9 heteroatoms. The standard InChI is InChI=1S/C19H18F3NO4S/c1-11(23-17(25)16(19(20,21)22)10-28-12(2)24)18(26)27-15-8-7-13-5-3-4-6-14(13)9-15/h3-9,11,16H,10H2,1-2H3,(H,23,25)/t11-,16?/m0/s1. The van der Waals surface area contributed by atoms with E-state index in [9.17, 15) is 27.6 Å². The van der Waals surface area contributed by atoms with E-state index in [0.717, 1.165) is 17.7 Å². The number of alkyl halides is 3. The highest BCUT2D eigenvalue weighted by atomic mass is 32.2. The first-order valence-electron chi connectivity index (χ1n) is 8.29. The molecule has 150 valence electrons. The van der Waals surface area contributed by atoms with Crippen LogP contribution in [0, 0.1) is 5.92 Å². The molecule has 2 atom stereocenters. The van der Waals surface area contributed by atoms with Crippen molar-refractivity contribution in [2.75, 3.05) is 5.75 Å². The highest BCUT2D eigenvalue weighted by Gasteiger charge is 2.45. The SMILES string of the molecule is CC(=O)SCC(C(=O)N[C@@H](C)C(=O)Oc1ccc2ccccc2c1)C(F)(F)F. The highest BCUT2D eigenvalue weighted by molar-refractivity contribution is 8.13. The Hall–Kier alpha value is -2.55. The fourth-order valence-electron chi connectivity index (χ4n) is 2.33. The van der Waals surface area contributed by atoms with Crippen molar-refractivity contribution < 1.29 is 32.3 Å². The fraction of sp³-hybridized carbons (Fsp3) is 0.316. The number of rotatable bonds is 6. The van der Waals surface area contributed by atoms with Crippen LogP contribution in [0.25, 0.3) is 10.8 Å². The molecule has 2 aromatic rings. The smallest absolute Gasteiger partial charge is 0.401 e. The quantitative estimate of drug-likeness (QED) is 0.577. The van der Waals surface area contributed by atoms with E-state index in [1.807, 2.05) is 29.6 Å². The van der Waals surface area contributed by atoms with Crippen molar-refractivity contribution in [3.8, 4) is 5.75 Å². The van der Waals surface area contributed by atoms with E-state index in [-0.39, 0.29) is 5.75 Å². The van der Waals surface area contributed by atoms with Gasteiger partial charge in [0.15, 0.2) is 5.12 Å². The molecule has 0 heterocycles. The number of halogens is 3. The predicted octanol–water partition coefficient (Wildman–Crippen LogP) is 3.71. The van der Waals surface area contributed by atoms with Crippen LogP contribution < -0.4 is 10.1 Å². The zero-order valence-electron chi connectivity index (χ0n) is 15.1. The molecule has 0 spiro atoms. The summed E-state index contributed by atoms with van der Waals surface area (Å²) in [7, 11) is 0. The summed E-state index contributed by atoms with van der Waals surface area (Å²) < 4.78 is 44.4. The van der Waals surface area contributed by atoms with Crippen LogP contribution >= 0.6 is 11.8 Å². The van der Waals surface area contributed by atoms with Gasteiger partial charge in [-0.15, -0.1) is 0 Å². The molecule has 0 aromatic heterocycles. The number of benzene rings is 2. The molecule has 0 aliphatic rings. The van der Waals surface area contributed by atoms with Gasteiger partial charge in [0, 0.05) is 12.7 Å². The molecule has 0 saturated carbocycles. The summed E-state index contributed by atoms with van der Waals surface area (Å²) in [6.07, 6.45) is -4.84. The van der Waals surface area contributed by atoms with Crippen molar-refractivity contribution in [3.05, 3.63) is 42.5 Å². The van der Waals surface area contributed by atoms with Crippen molar-refractivity contribution >= 4 is 39.5 Å². The van der Waals surface area contributed by atoms with Crippen LogP contribution in [-0.4, -0.2) is 35.0 Å². The Morgan fingerprint density at radius 2 is 1.75 bits per heavy atom. The van der Waals surface area contributed by atoms with Crippen LogP contribution in [0.1, 0.15) is 13.8 Å². The van der Waals surface area contributed by atoms with E-state index in [0.29, 0.717) is 11.8 Å². The lowest BCUT2D eigenvalue weighted by molar-refractivity contribution is -0.178. The monoisotopic (exact) mass is 413 g/mol. The summed E-state index contributed by atoms with van der Waals surface area (Å²) in [4.78, 5) is 35.0. The minimum absolute atomic E-state index is 0.212. The second-order valence-corrected chi connectivity index (χ2v) is 7.25. The number of nitrogens with one attached hydrogen (secondary N) is 1. The molecule has 1 N–H and O–H groups in total. The molecular formula is C19H18F3NO4S. The number of hydrogen-bond acceptors (Lipinski definition) is 5. The lowest BCUT2D eigenvalue weighted by atomic mass is 10.1. The first-order chi connectivity index (χ1) is 13.1. The molecule has 2 aromatic carbocycles. The predicted molar refractivity (Wildman–Crippen MR) is 99.9 cm³/mol. The summed E-state index contributed by atoms with van der Waals surface area (Å²) >= 11 is 0.398. The number of amides is 1. The Kier molecular flexibility index (Phi) is 7.06. The van der Waals surface area contributed by atoms with Crippen LogP contribution in [0.5, 0.6) is 5.75 Å². The van der Waals surface area contributed by atoms with Gasteiger partial charge in [-0.25, -0.2) is 4.79 Å². The zero-order chi connectivity index (χ0) is 20.9. The van der Waals surface area contributed by atoms with Crippen LogP contribution in [0.3, 0.4) is 0 Å². The molecule has 0 radical (unpaired) electrons. The molecule has 5 nitrogen and oxygen atoms in total. The van der Waals surface area contributed by atoms with Gasteiger partial charge in [0.1, 0.15) is 17.7 Å². The van der Waals surface area contributed by atoms with E-state index in [1.54, 1.807) is 18.2 Å². The minimum Gasteiger partial charge on any atom is -0.425 e. The molecular weight excluding hydrogens is 395 g/mol. The third kappa shape index (κ3) is 5.98. The number of esters is 1. The molecule has 0 fully saturated rings. The van der Waals surface area contributed by atoms with Gasteiger partial charge in [0.2, 0.25) is 5.91 Å². The molecule has 1 unspecified atom stereocenters. The van der Waals surface area contributed by atoms with Crippen LogP contribution in [0.4, 0.5) is 13.2 Å². The van der Waals surface area contributed by atoms with Crippen molar-refractivity contribution in [2.24, 2.45) is 5.92 Å². The highest BCUT2D eigenvalue weighted by Crippen LogP contribution is 2.29. The van der Waals surface area contributed by atoms with E-state index >= 15 is 0 Å². The van der Waals surface area contributed by atoms with Crippen LogP contribution in [-0.2, 0) is 14.4 Å². The molecule has 0 saturated heterocycles. The third-order valence-corrected chi connectivity index (χ3v) is 4.72. The van der Waals surface area contributed by atoms with Crippen molar-refractivity contribution in [3.63, 3.8) is 0 Å². The van der Waals surface area contributed by atoms with Gasteiger partial charge in [-0.05, 0) is 29.8 Å². The maximum Gasteiger partial charge on any atom is 0.401 e. The van der Waals surface area contributed by atoms with Gasteiger partial charge in [-0.1, -0.05) is 42.1 Å². The van der Waals surface area contributed by atoms with Gasteiger partial charge in [0.05, 0.1) is 0 Å². The van der Waals surface area contributed by atoms with E-state index in [2.05, 4.69) is 0 Å². The van der Waals surface area contributed by atoms with E-state index in [4.69, 9.17) is 4.74 Å². The molecule has 0 aliphatic carbocycles. The number of fused-ring (bicyclic) bond motifs is 1. The van der Waals surface area contributed by atoms with Crippen LogP contribution in [0.2, 0.25) is 0 Å². The summed E-state index contributed by atoms with van der Waals surface area (Å²) in [5.74, 6) is -5.23.